The van der Waals surface area contributed by atoms with Crippen LogP contribution in [0.25, 0.3) is 10.9 Å². The molecule has 1 aromatic carbocycles. The van der Waals surface area contributed by atoms with Gasteiger partial charge in [-0.05, 0) is 49.9 Å². The predicted molar refractivity (Wildman–Crippen MR) is 73.6 cm³/mol. The Balaban J connectivity index is 2.10. The molecule has 18 heavy (non-hydrogen) atoms. The number of hydrogen-bond acceptors (Lipinski definition) is 2. The second-order valence-corrected chi connectivity index (χ2v) is 5.52. The predicted octanol–water partition coefficient (Wildman–Crippen LogP) is 2.95. The minimum absolute atomic E-state index is 0.0903. The van der Waals surface area contributed by atoms with Gasteiger partial charge < -0.3 is 14.4 Å². The van der Waals surface area contributed by atoms with Crippen LogP contribution >= 0.6 is 0 Å². The van der Waals surface area contributed by atoms with Crippen molar-refractivity contribution in [3.05, 3.63) is 36.0 Å². The van der Waals surface area contributed by atoms with Crippen molar-refractivity contribution >= 4 is 10.9 Å². The maximum absolute atomic E-state index is 9.11. The number of aromatic nitrogens is 1. The molecular formula is C15H21NO2. The molecule has 0 aliphatic rings. The first-order valence-electron chi connectivity index (χ1n) is 6.32. The summed E-state index contributed by atoms with van der Waals surface area (Å²) in [7, 11) is 0. The molecule has 1 aromatic heterocycles. The monoisotopic (exact) mass is 247 g/mol. The van der Waals surface area contributed by atoms with Crippen LogP contribution in [0.5, 0.6) is 0 Å². The molecule has 0 radical (unpaired) electrons. The molecule has 0 aliphatic heterocycles. The lowest BCUT2D eigenvalue weighted by Gasteiger charge is -2.19. The van der Waals surface area contributed by atoms with Crippen LogP contribution in [-0.2, 0) is 17.9 Å². The second kappa shape index (κ2) is 5.12. The van der Waals surface area contributed by atoms with Gasteiger partial charge in [0.2, 0.25) is 0 Å². The third-order valence-corrected chi connectivity index (χ3v) is 2.89. The number of aliphatic hydroxyl groups is 1. The van der Waals surface area contributed by atoms with Crippen LogP contribution in [-0.4, -0.2) is 21.9 Å². The molecule has 0 aliphatic carbocycles. The Morgan fingerprint density at radius 3 is 2.67 bits per heavy atom. The van der Waals surface area contributed by atoms with E-state index in [4.69, 9.17) is 9.84 Å². The average Bonchev–Trinajstić information content (AvgIpc) is 2.70. The maximum Gasteiger partial charge on any atom is 0.0682 e. The van der Waals surface area contributed by atoms with Crippen LogP contribution in [0.4, 0.5) is 0 Å². The number of nitrogens with zero attached hydrogens (tertiary/aromatic N) is 1. The van der Waals surface area contributed by atoms with Crippen molar-refractivity contribution in [2.24, 2.45) is 0 Å². The van der Waals surface area contributed by atoms with E-state index < -0.39 is 0 Å². The molecule has 0 spiro atoms. The van der Waals surface area contributed by atoms with Gasteiger partial charge in [-0.3, -0.25) is 0 Å². The number of ether oxygens (including phenoxy) is 1. The van der Waals surface area contributed by atoms with Crippen LogP contribution in [0.2, 0.25) is 0 Å². The van der Waals surface area contributed by atoms with Crippen LogP contribution in [0.15, 0.2) is 30.5 Å². The lowest BCUT2D eigenvalue weighted by atomic mass is 10.2. The van der Waals surface area contributed by atoms with Gasteiger partial charge in [-0.15, -0.1) is 0 Å². The summed E-state index contributed by atoms with van der Waals surface area (Å²) in [5.41, 5.74) is 2.04. The first-order chi connectivity index (χ1) is 8.49. The first-order valence-corrected chi connectivity index (χ1v) is 6.32. The fourth-order valence-electron chi connectivity index (χ4n) is 1.99. The van der Waals surface area contributed by atoms with Crippen LogP contribution in [0.1, 0.15) is 26.3 Å². The van der Waals surface area contributed by atoms with E-state index in [-0.39, 0.29) is 12.2 Å². The molecule has 2 aromatic rings. The normalized spacial score (nSPS) is 12.2. The number of hydrogen-bond donors (Lipinski definition) is 1. The van der Waals surface area contributed by atoms with E-state index in [1.165, 1.54) is 5.52 Å². The van der Waals surface area contributed by atoms with Gasteiger partial charge in [-0.2, -0.15) is 0 Å². The summed E-state index contributed by atoms with van der Waals surface area (Å²) in [5.74, 6) is 0. The SMILES string of the molecule is CC(C)(C)OCCn1ccc2cc(CO)ccc21. The highest BCUT2D eigenvalue weighted by Gasteiger charge is 2.09. The molecule has 0 bridgehead atoms. The summed E-state index contributed by atoms with van der Waals surface area (Å²) in [6.45, 7) is 7.83. The minimum Gasteiger partial charge on any atom is -0.392 e. The fraction of sp³-hybridized carbons (Fsp3) is 0.467. The van der Waals surface area contributed by atoms with Crippen LogP contribution in [0, 0.1) is 0 Å². The van der Waals surface area contributed by atoms with Crippen molar-refractivity contribution in [1.82, 2.24) is 4.57 Å². The second-order valence-electron chi connectivity index (χ2n) is 5.52. The Bertz CT molecular complexity index is 523. The lowest BCUT2D eigenvalue weighted by Crippen LogP contribution is -2.21. The first kappa shape index (κ1) is 13.1. The van der Waals surface area contributed by atoms with Crippen molar-refractivity contribution in [3.63, 3.8) is 0 Å². The van der Waals surface area contributed by atoms with Crippen molar-refractivity contribution in [3.8, 4) is 0 Å². The summed E-state index contributed by atoms with van der Waals surface area (Å²) in [6, 6.07) is 8.11. The molecule has 1 N–H and O–H groups in total. The summed E-state index contributed by atoms with van der Waals surface area (Å²) in [6.07, 6.45) is 2.07. The Kier molecular flexibility index (Phi) is 3.73. The highest BCUT2D eigenvalue weighted by atomic mass is 16.5. The number of fused-ring (bicyclic) bond motifs is 1. The van der Waals surface area contributed by atoms with Crippen molar-refractivity contribution in [2.45, 2.75) is 39.5 Å². The number of aliphatic hydroxyl groups excluding tert-OH is 1. The highest BCUT2D eigenvalue weighted by molar-refractivity contribution is 5.80. The Morgan fingerprint density at radius 1 is 1.22 bits per heavy atom. The van der Waals surface area contributed by atoms with E-state index in [1.807, 2.05) is 12.1 Å². The molecule has 0 saturated carbocycles. The largest absolute Gasteiger partial charge is 0.392 e. The van der Waals surface area contributed by atoms with Crippen molar-refractivity contribution in [2.75, 3.05) is 6.61 Å². The highest BCUT2D eigenvalue weighted by Crippen LogP contribution is 2.18. The molecule has 2 rings (SSSR count). The maximum atomic E-state index is 9.11. The van der Waals surface area contributed by atoms with Gasteiger partial charge in [0.1, 0.15) is 0 Å². The van der Waals surface area contributed by atoms with Crippen molar-refractivity contribution in [1.29, 1.82) is 0 Å². The van der Waals surface area contributed by atoms with Gasteiger partial charge in [-0.25, -0.2) is 0 Å². The van der Waals surface area contributed by atoms with E-state index in [0.717, 1.165) is 17.5 Å². The van der Waals surface area contributed by atoms with E-state index in [0.29, 0.717) is 6.61 Å². The minimum atomic E-state index is -0.0903. The van der Waals surface area contributed by atoms with E-state index in [9.17, 15) is 0 Å². The summed E-state index contributed by atoms with van der Waals surface area (Å²) < 4.78 is 7.92. The molecule has 0 unspecified atom stereocenters. The molecule has 3 nitrogen and oxygen atoms in total. The van der Waals surface area contributed by atoms with Crippen molar-refractivity contribution < 1.29 is 9.84 Å². The molecule has 0 amide bonds. The zero-order valence-electron chi connectivity index (χ0n) is 11.3. The quantitative estimate of drug-likeness (QED) is 0.901. The van der Waals surface area contributed by atoms with Gasteiger partial charge in [0.15, 0.2) is 0 Å². The number of rotatable bonds is 4. The molecule has 3 heteroatoms. The van der Waals surface area contributed by atoms with Gasteiger partial charge in [0.25, 0.3) is 0 Å². The average molecular weight is 247 g/mol. The fourth-order valence-corrected chi connectivity index (χ4v) is 1.99. The van der Waals surface area contributed by atoms with E-state index in [1.54, 1.807) is 0 Å². The zero-order chi connectivity index (χ0) is 13.2. The topological polar surface area (TPSA) is 34.4 Å². The Labute approximate surface area is 108 Å². The molecular weight excluding hydrogens is 226 g/mol. The van der Waals surface area contributed by atoms with Gasteiger partial charge in [0.05, 0.1) is 18.8 Å². The molecule has 0 atom stereocenters. The van der Waals surface area contributed by atoms with Gasteiger partial charge >= 0.3 is 0 Å². The van der Waals surface area contributed by atoms with Crippen LogP contribution < -0.4 is 0 Å². The van der Waals surface area contributed by atoms with Gasteiger partial charge in [0, 0.05) is 18.3 Å². The standard InChI is InChI=1S/C15H21NO2/c1-15(2,3)18-9-8-16-7-6-13-10-12(11-17)4-5-14(13)16/h4-7,10,17H,8-9,11H2,1-3H3. The van der Waals surface area contributed by atoms with E-state index in [2.05, 4.69) is 43.7 Å². The third-order valence-electron chi connectivity index (χ3n) is 2.89. The zero-order valence-corrected chi connectivity index (χ0v) is 11.3. The molecule has 1 heterocycles. The summed E-state index contributed by atoms with van der Waals surface area (Å²) in [4.78, 5) is 0. The summed E-state index contributed by atoms with van der Waals surface area (Å²) in [5, 5.41) is 10.3. The molecule has 0 fully saturated rings. The lowest BCUT2D eigenvalue weighted by molar-refractivity contribution is -0.00644. The Morgan fingerprint density at radius 2 is 2.00 bits per heavy atom. The van der Waals surface area contributed by atoms with E-state index >= 15 is 0 Å². The van der Waals surface area contributed by atoms with Crippen LogP contribution in [0.3, 0.4) is 0 Å². The van der Waals surface area contributed by atoms with Gasteiger partial charge in [-0.1, -0.05) is 6.07 Å². The molecule has 98 valence electrons. The number of benzene rings is 1. The smallest absolute Gasteiger partial charge is 0.0682 e. The third kappa shape index (κ3) is 3.12. The Hall–Kier alpha value is -1.32. The summed E-state index contributed by atoms with van der Waals surface area (Å²) >= 11 is 0. The molecule has 0 saturated heterocycles.